The third-order valence-corrected chi connectivity index (χ3v) is 2.73. The van der Waals surface area contributed by atoms with E-state index in [1.165, 1.54) is 12.3 Å². The lowest BCUT2D eigenvalue weighted by Gasteiger charge is -2.07. The molecule has 3 nitrogen and oxygen atoms in total. The van der Waals surface area contributed by atoms with Crippen LogP contribution in [0.3, 0.4) is 0 Å². The van der Waals surface area contributed by atoms with E-state index in [1.54, 1.807) is 6.92 Å². The van der Waals surface area contributed by atoms with Crippen molar-refractivity contribution in [2.24, 2.45) is 0 Å². The number of anilines is 1. The zero-order valence-corrected chi connectivity index (χ0v) is 10.6. The van der Waals surface area contributed by atoms with Gasteiger partial charge in [-0.05, 0) is 25.1 Å². The van der Waals surface area contributed by atoms with Crippen LogP contribution in [-0.4, -0.2) is 10.9 Å². The summed E-state index contributed by atoms with van der Waals surface area (Å²) in [6.45, 7) is 1.73. The monoisotopic (exact) mass is 282 g/mol. The number of halogens is 3. The topological polar surface area (TPSA) is 42.0 Å². The first-order valence-electron chi connectivity index (χ1n) is 5.36. The Morgan fingerprint density at radius 1 is 1.32 bits per heavy atom. The van der Waals surface area contributed by atoms with Crippen LogP contribution in [0.2, 0.25) is 5.02 Å². The fourth-order valence-corrected chi connectivity index (χ4v) is 1.77. The van der Waals surface area contributed by atoms with Gasteiger partial charge in [0.15, 0.2) is 0 Å². The average molecular weight is 283 g/mol. The van der Waals surface area contributed by atoms with E-state index in [9.17, 15) is 13.6 Å². The molecule has 1 aromatic heterocycles. The van der Waals surface area contributed by atoms with Gasteiger partial charge in [0.05, 0.1) is 16.3 Å². The van der Waals surface area contributed by atoms with E-state index < -0.39 is 17.5 Å². The summed E-state index contributed by atoms with van der Waals surface area (Å²) in [5.74, 6) is -2.18. The van der Waals surface area contributed by atoms with Crippen LogP contribution >= 0.6 is 11.6 Å². The minimum Gasteiger partial charge on any atom is -0.319 e. The number of hydrogen-bond donors (Lipinski definition) is 1. The summed E-state index contributed by atoms with van der Waals surface area (Å²) >= 11 is 5.90. The average Bonchev–Trinajstić information content (AvgIpc) is 2.32. The van der Waals surface area contributed by atoms with E-state index in [-0.39, 0.29) is 16.3 Å². The normalized spacial score (nSPS) is 10.3. The number of carbonyl (C=O) groups excluding carboxylic acids is 1. The van der Waals surface area contributed by atoms with E-state index in [4.69, 9.17) is 11.6 Å². The summed E-state index contributed by atoms with van der Waals surface area (Å²) < 4.78 is 26.1. The lowest BCUT2D eigenvalue weighted by Crippen LogP contribution is -2.14. The molecule has 0 bridgehead atoms. The zero-order chi connectivity index (χ0) is 14.0. The van der Waals surface area contributed by atoms with Crippen molar-refractivity contribution in [2.45, 2.75) is 6.92 Å². The smallest absolute Gasteiger partial charge is 0.258 e. The second-order valence-electron chi connectivity index (χ2n) is 3.88. The molecule has 0 atom stereocenters. The van der Waals surface area contributed by atoms with Crippen LogP contribution in [0.15, 0.2) is 30.5 Å². The highest BCUT2D eigenvalue weighted by molar-refractivity contribution is 6.34. The number of pyridine rings is 1. The third-order valence-electron chi connectivity index (χ3n) is 2.41. The molecular formula is C13H9ClF2N2O. The van der Waals surface area contributed by atoms with Gasteiger partial charge < -0.3 is 5.32 Å². The highest BCUT2D eigenvalue weighted by atomic mass is 35.5. The van der Waals surface area contributed by atoms with Gasteiger partial charge in [0.1, 0.15) is 11.6 Å². The predicted molar refractivity (Wildman–Crippen MR) is 68.3 cm³/mol. The minimum atomic E-state index is -0.857. The standard InChI is InChI=1S/C13H9ClF2N2O/c1-7-4-10(14)9(6-17-7)13(19)18-12-3-2-8(15)5-11(12)16/h2-6H,1H3,(H,18,19). The quantitative estimate of drug-likeness (QED) is 0.915. The highest BCUT2D eigenvalue weighted by Gasteiger charge is 2.13. The highest BCUT2D eigenvalue weighted by Crippen LogP contribution is 2.19. The fourth-order valence-electron chi connectivity index (χ4n) is 1.47. The molecule has 0 unspecified atom stereocenters. The molecule has 1 amide bonds. The van der Waals surface area contributed by atoms with Crippen molar-refractivity contribution in [3.05, 3.63) is 58.4 Å². The first-order valence-corrected chi connectivity index (χ1v) is 5.73. The molecule has 0 aliphatic rings. The first-order chi connectivity index (χ1) is 8.97. The van der Waals surface area contributed by atoms with Gasteiger partial charge in [0, 0.05) is 18.0 Å². The summed E-state index contributed by atoms with van der Waals surface area (Å²) in [5.41, 5.74) is 0.661. The molecule has 0 saturated heterocycles. The first kappa shape index (κ1) is 13.4. The molecule has 1 N–H and O–H groups in total. The van der Waals surface area contributed by atoms with E-state index in [0.29, 0.717) is 11.8 Å². The van der Waals surface area contributed by atoms with Crippen molar-refractivity contribution < 1.29 is 13.6 Å². The number of aryl methyl sites for hydroxylation is 1. The SMILES string of the molecule is Cc1cc(Cl)c(C(=O)Nc2ccc(F)cc2F)cn1. The van der Waals surface area contributed by atoms with Crippen molar-refractivity contribution in [2.75, 3.05) is 5.32 Å². The Morgan fingerprint density at radius 2 is 2.05 bits per heavy atom. The van der Waals surface area contributed by atoms with Crippen molar-refractivity contribution in [3.63, 3.8) is 0 Å². The van der Waals surface area contributed by atoms with Gasteiger partial charge in [-0.3, -0.25) is 9.78 Å². The van der Waals surface area contributed by atoms with Crippen molar-refractivity contribution >= 4 is 23.2 Å². The molecule has 1 heterocycles. The minimum absolute atomic E-state index is 0.121. The Morgan fingerprint density at radius 3 is 2.68 bits per heavy atom. The predicted octanol–water partition coefficient (Wildman–Crippen LogP) is 3.57. The van der Waals surface area contributed by atoms with Gasteiger partial charge in [-0.25, -0.2) is 8.78 Å². The number of carbonyl (C=O) groups is 1. The van der Waals surface area contributed by atoms with E-state index in [2.05, 4.69) is 10.3 Å². The molecule has 1 aromatic carbocycles. The number of hydrogen-bond acceptors (Lipinski definition) is 2. The zero-order valence-electron chi connectivity index (χ0n) is 9.88. The molecule has 19 heavy (non-hydrogen) atoms. The molecule has 2 rings (SSSR count). The number of benzene rings is 1. The summed E-state index contributed by atoms with van der Waals surface area (Å²) in [6.07, 6.45) is 1.30. The van der Waals surface area contributed by atoms with Crippen LogP contribution in [0.25, 0.3) is 0 Å². The van der Waals surface area contributed by atoms with Gasteiger partial charge >= 0.3 is 0 Å². The Labute approximate surface area is 113 Å². The van der Waals surface area contributed by atoms with Crippen LogP contribution in [-0.2, 0) is 0 Å². The van der Waals surface area contributed by atoms with Gasteiger partial charge in [-0.1, -0.05) is 11.6 Å². The van der Waals surface area contributed by atoms with Crippen molar-refractivity contribution in [3.8, 4) is 0 Å². The Kier molecular flexibility index (Phi) is 3.76. The second kappa shape index (κ2) is 5.32. The number of rotatable bonds is 2. The van der Waals surface area contributed by atoms with E-state index >= 15 is 0 Å². The molecular weight excluding hydrogens is 274 g/mol. The molecule has 0 aliphatic carbocycles. The summed E-state index contributed by atoms with van der Waals surface area (Å²) in [5, 5.41) is 2.52. The van der Waals surface area contributed by atoms with Gasteiger partial charge in [-0.15, -0.1) is 0 Å². The molecule has 6 heteroatoms. The molecule has 0 aliphatic heterocycles. The molecule has 0 fully saturated rings. The number of nitrogens with zero attached hydrogens (tertiary/aromatic N) is 1. The Balaban J connectivity index is 2.25. The van der Waals surface area contributed by atoms with Crippen molar-refractivity contribution in [1.29, 1.82) is 0 Å². The third kappa shape index (κ3) is 3.06. The summed E-state index contributed by atoms with van der Waals surface area (Å²) in [7, 11) is 0. The van der Waals surface area contributed by atoms with Gasteiger partial charge in [0.2, 0.25) is 0 Å². The van der Waals surface area contributed by atoms with Crippen LogP contribution in [0.1, 0.15) is 16.1 Å². The fraction of sp³-hybridized carbons (Fsp3) is 0.0769. The second-order valence-corrected chi connectivity index (χ2v) is 4.29. The summed E-state index contributed by atoms with van der Waals surface area (Å²) in [6, 6.07) is 4.40. The lowest BCUT2D eigenvalue weighted by atomic mass is 10.2. The lowest BCUT2D eigenvalue weighted by molar-refractivity contribution is 0.102. The Bertz CT molecular complexity index is 647. The molecule has 0 radical (unpaired) electrons. The molecule has 0 spiro atoms. The summed E-state index contributed by atoms with van der Waals surface area (Å²) in [4.78, 5) is 15.8. The van der Waals surface area contributed by atoms with Crippen LogP contribution in [0.5, 0.6) is 0 Å². The van der Waals surface area contributed by atoms with Gasteiger partial charge in [-0.2, -0.15) is 0 Å². The maximum absolute atomic E-state index is 13.4. The van der Waals surface area contributed by atoms with Gasteiger partial charge in [0.25, 0.3) is 5.91 Å². The van der Waals surface area contributed by atoms with Crippen LogP contribution in [0.4, 0.5) is 14.5 Å². The Hall–Kier alpha value is -2.01. The molecule has 0 saturated carbocycles. The maximum atomic E-state index is 13.4. The van der Waals surface area contributed by atoms with E-state index in [0.717, 1.165) is 12.1 Å². The van der Waals surface area contributed by atoms with Crippen LogP contribution < -0.4 is 5.32 Å². The van der Waals surface area contributed by atoms with E-state index in [1.807, 2.05) is 0 Å². The number of amides is 1. The molecule has 2 aromatic rings. The maximum Gasteiger partial charge on any atom is 0.258 e. The van der Waals surface area contributed by atoms with Crippen LogP contribution in [0, 0.1) is 18.6 Å². The number of aromatic nitrogens is 1. The van der Waals surface area contributed by atoms with Crippen molar-refractivity contribution in [1.82, 2.24) is 4.98 Å². The largest absolute Gasteiger partial charge is 0.319 e. The molecule has 98 valence electrons. The number of nitrogens with one attached hydrogen (secondary N) is 1.